The van der Waals surface area contributed by atoms with Gasteiger partial charge >= 0.3 is 0 Å². The Morgan fingerprint density at radius 2 is 2.06 bits per heavy atom. The molecule has 6 nitrogen and oxygen atoms in total. The van der Waals surface area contributed by atoms with Crippen molar-refractivity contribution >= 4 is 5.82 Å². The van der Waals surface area contributed by atoms with Gasteiger partial charge in [0.05, 0.1) is 13.7 Å². The quantitative estimate of drug-likeness (QED) is 0.720. The lowest BCUT2D eigenvalue weighted by Gasteiger charge is -2.11. The van der Waals surface area contributed by atoms with E-state index in [1.54, 1.807) is 0 Å². The van der Waals surface area contributed by atoms with E-state index in [0.717, 1.165) is 0 Å². The molecule has 96 valence electrons. The number of rotatable bonds is 7. The van der Waals surface area contributed by atoms with Crippen LogP contribution in [0.3, 0.4) is 0 Å². The molecule has 0 unspecified atom stereocenters. The van der Waals surface area contributed by atoms with Crippen LogP contribution in [-0.4, -0.2) is 36.9 Å². The van der Waals surface area contributed by atoms with Crippen molar-refractivity contribution in [2.75, 3.05) is 32.7 Å². The van der Waals surface area contributed by atoms with Gasteiger partial charge in [-0.1, -0.05) is 13.8 Å². The molecule has 0 saturated heterocycles. The predicted octanol–water partition coefficient (Wildman–Crippen LogP) is 1.12. The van der Waals surface area contributed by atoms with E-state index in [9.17, 15) is 0 Å². The Labute approximate surface area is 101 Å². The van der Waals surface area contributed by atoms with E-state index in [0.29, 0.717) is 37.4 Å². The van der Waals surface area contributed by atoms with Crippen molar-refractivity contribution in [3.8, 4) is 11.6 Å². The number of hydrogen-bond acceptors (Lipinski definition) is 6. The normalized spacial score (nSPS) is 10.6. The zero-order valence-corrected chi connectivity index (χ0v) is 10.5. The highest BCUT2D eigenvalue weighted by atomic mass is 16.5. The zero-order valence-electron chi connectivity index (χ0n) is 10.5. The van der Waals surface area contributed by atoms with Gasteiger partial charge in [0.15, 0.2) is 5.82 Å². The van der Waals surface area contributed by atoms with Crippen molar-refractivity contribution < 1.29 is 14.2 Å². The molecular weight excluding hydrogens is 222 g/mol. The van der Waals surface area contributed by atoms with E-state index in [1.165, 1.54) is 13.4 Å². The molecule has 0 aliphatic carbocycles. The van der Waals surface area contributed by atoms with Crippen LogP contribution in [-0.2, 0) is 4.74 Å². The van der Waals surface area contributed by atoms with Crippen LogP contribution in [0.25, 0.3) is 0 Å². The Bertz CT molecular complexity index is 345. The lowest BCUT2D eigenvalue weighted by atomic mass is 10.2. The Balaban J connectivity index is 2.39. The van der Waals surface area contributed by atoms with Gasteiger partial charge in [-0.2, -0.15) is 4.98 Å². The fourth-order valence-corrected chi connectivity index (χ4v) is 1.18. The molecule has 0 aliphatic heterocycles. The SMILES string of the molecule is COc1c(N)ncnc1OCCOCC(C)C. The Hall–Kier alpha value is -1.56. The van der Waals surface area contributed by atoms with Crippen molar-refractivity contribution in [3.05, 3.63) is 6.33 Å². The fourth-order valence-electron chi connectivity index (χ4n) is 1.18. The molecule has 0 aliphatic rings. The van der Waals surface area contributed by atoms with Crippen molar-refractivity contribution in [1.29, 1.82) is 0 Å². The van der Waals surface area contributed by atoms with Gasteiger partial charge in [0.1, 0.15) is 12.9 Å². The van der Waals surface area contributed by atoms with Gasteiger partial charge in [-0.05, 0) is 5.92 Å². The van der Waals surface area contributed by atoms with Crippen LogP contribution in [0, 0.1) is 5.92 Å². The molecule has 1 aromatic rings. The summed E-state index contributed by atoms with van der Waals surface area (Å²) in [4.78, 5) is 7.76. The van der Waals surface area contributed by atoms with Gasteiger partial charge in [0.2, 0.25) is 5.75 Å². The maximum absolute atomic E-state index is 5.61. The van der Waals surface area contributed by atoms with Crippen LogP contribution >= 0.6 is 0 Å². The zero-order chi connectivity index (χ0) is 12.7. The number of nitrogens with two attached hydrogens (primary N) is 1. The molecule has 6 heteroatoms. The Morgan fingerprint density at radius 1 is 1.29 bits per heavy atom. The van der Waals surface area contributed by atoms with Crippen LogP contribution in [0.5, 0.6) is 11.6 Å². The minimum atomic E-state index is 0.264. The monoisotopic (exact) mass is 241 g/mol. The molecule has 1 aromatic heterocycles. The molecule has 0 atom stereocenters. The van der Waals surface area contributed by atoms with E-state index in [-0.39, 0.29) is 5.82 Å². The first-order valence-corrected chi connectivity index (χ1v) is 5.50. The van der Waals surface area contributed by atoms with Crippen LogP contribution in [0.1, 0.15) is 13.8 Å². The van der Waals surface area contributed by atoms with Gasteiger partial charge in [-0.3, -0.25) is 0 Å². The first kappa shape index (κ1) is 13.5. The van der Waals surface area contributed by atoms with Crippen LogP contribution in [0.4, 0.5) is 5.82 Å². The summed E-state index contributed by atoms with van der Waals surface area (Å²) in [7, 11) is 1.50. The molecule has 0 spiro atoms. The highest BCUT2D eigenvalue weighted by Gasteiger charge is 2.10. The topological polar surface area (TPSA) is 79.5 Å². The lowest BCUT2D eigenvalue weighted by Crippen LogP contribution is -2.11. The second kappa shape index (κ2) is 6.90. The second-order valence-corrected chi connectivity index (χ2v) is 3.91. The van der Waals surface area contributed by atoms with Crippen molar-refractivity contribution in [1.82, 2.24) is 9.97 Å². The smallest absolute Gasteiger partial charge is 0.262 e. The van der Waals surface area contributed by atoms with Crippen LogP contribution in [0.2, 0.25) is 0 Å². The Morgan fingerprint density at radius 3 is 2.71 bits per heavy atom. The molecule has 0 amide bonds. The summed E-state index contributed by atoms with van der Waals surface area (Å²) in [6.45, 7) is 5.81. The highest BCUT2D eigenvalue weighted by molar-refractivity contribution is 5.51. The predicted molar refractivity (Wildman–Crippen MR) is 64.1 cm³/mol. The molecule has 2 N–H and O–H groups in total. The first-order chi connectivity index (χ1) is 8.15. The van der Waals surface area contributed by atoms with Gasteiger partial charge in [0.25, 0.3) is 5.88 Å². The number of hydrogen-bond donors (Lipinski definition) is 1. The molecule has 1 heterocycles. The fraction of sp³-hybridized carbons (Fsp3) is 0.636. The molecule has 0 fully saturated rings. The largest absolute Gasteiger partial charge is 0.489 e. The number of methoxy groups -OCH3 is 1. The molecule has 17 heavy (non-hydrogen) atoms. The van der Waals surface area contributed by atoms with Crippen LogP contribution < -0.4 is 15.2 Å². The summed E-state index contributed by atoms with van der Waals surface area (Å²) in [5, 5.41) is 0. The van der Waals surface area contributed by atoms with E-state index in [1.807, 2.05) is 0 Å². The first-order valence-electron chi connectivity index (χ1n) is 5.50. The summed E-state index contributed by atoms with van der Waals surface area (Å²) in [6, 6.07) is 0. The van der Waals surface area contributed by atoms with Gasteiger partial charge in [0, 0.05) is 6.61 Å². The lowest BCUT2D eigenvalue weighted by molar-refractivity contribution is 0.0797. The number of nitrogen functional groups attached to an aromatic ring is 1. The van der Waals surface area contributed by atoms with Crippen molar-refractivity contribution in [2.45, 2.75) is 13.8 Å². The third-order valence-corrected chi connectivity index (χ3v) is 1.92. The second-order valence-electron chi connectivity index (χ2n) is 3.91. The number of nitrogens with zero attached hydrogens (tertiary/aromatic N) is 2. The average Bonchev–Trinajstić information content (AvgIpc) is 2.28. The molecule has 0 bridgehead atoms. The summed E-state index contributed by atoms with van der Waals surface area (Å²) in [5.41, 5.74) is 5.61. The van der Waals surface area contributed by atoms with E-state index in [4.69, 9.17) is 19.9 Å². The standard InChI is InChI=1S/C11H19N3O3/c1-8(2)6-16-4-5-17-11-9(15-3)10(12)13-7-14-11/h7-8H,4-6H2,1-3H3,(H2,12,13,14). The molecule has 1 rings (SSSR count). The van der Waals surface area contributed by atoms with Crippen molar-refractivity contribution in [3.63, 3.8) is 0 Å². The summed E-state index contributed by atoms with van der Waals surface area (Å²) >= 11 is 0. The third kappa shape index (κ3) is 4.44. The minimum Gasteiger partial charge on any atom is -0.489 e. The van der Waals surface area contributed by atoms with Gasteiger partial charge < -0.3 is 19.9 Å². The maximum Gasteiger partial charge on any atom is 0.262 e. The number of ether oxygens (including phenoxy) is 3. The molecular formula is C11H19N3O3. The van der Waals surface area contributed by atoms with E-state index >= 15 is 0 Å². The molecule has 0 radical (unpaired) electrons. The van der Waals surface area contributed by atoms with Crippen molar-refractivity contribution in [2.24, 2.45) is 5.92 Å². The third-order valence-electron chi connectivity index (χ3n) is 1.92. The molecule has 0 saturated carbocycles. The summed E-state index contributed by atoms with van der Waals surface area (Å²) < 4.78 is 15.8. The molecule has 0 aromatic carbocycles. The summed E-state index contributed by atoms with van der Waals surface area (Å²) in [6.07, 6.45) is 1.34. The number of anilines is 1. The van der Waals surface area contributed by atoms with E-state index < -0.39 is 0 Å². The van der Waals surface area contributed by atoms with Crippen LogP contribution in [0.15, 0.2) is 6.33 Å². The minimum absolute atomic E-state index is 0.264. The number of aromatic nitrogens is 2. The maximum atomic E-state index is 5.61. The van der Waals surface area contributed by atoms with E-state index in [2.05, 4.69) is 23.8 Å². The summed E-state index contributed by atoms with van der Waals surface area (Å²) in [5.74, 6) is 1.48. The Kier molecular flexibility index (Phi) is 5.48. The average molecular weight is 241 g/mol. The highest BCUT2D eigenvalue weighted by Crippen LogP contribution is 2.28. The van der Waals surface area contributed by atoms with Gasteiger partial charge in [-0.15, -0.1) is 0 Å². The van der Waals surface area contributed by atoms with Gasteiger partial charge in [-0.25, -0.2) is 4.98 Å².